The van der Waals surface area contributed by atoms with Gasteiger partial charge in [0.1, 0.15) is 12.3 Å². The Morgan fingerprint density at radius 2 is 2.03 bits per heavy atom. The third-order valence-corrected chi connectivity index (χ3v) is 7.25. The minimum atomic E-state index is -1.98. The molecule has 3 aromatic rings. The standard InChI is InChI=1S/C27H31N3O5/c1-6-15-10-9-11-16-12-17-13-30-23(22(17)28-21(15)16)24(35-19(7-2)29(4)5)20-18(25(30)31)14-34-26(32)27(20,33)8-3/h9-12,19,33H,6-8,13-14H2,1-5H3/t19?,27-/m0/s1. The molecule has 2 aliphatic heterocycles. The highest BCUT2D eigenvalue weighted by Crippen LogP contribution is 2.47. The molecular formula is C27H31N3O5. The number of aromatic nitrogens is 2. The monoisotopic (exact) mass is 477 g/mol. The number of carbonyl (C=O) groups excluding carboxylic acids is 1. The Hall–Kier alpha value is -3.23. The molecule has 2 aliphatic rings. The highest BCUT2D eigenvalue weighted by molar-refractivity contribution is 5.90. The molecule has 0 saturated heterocycles. The third-order valence-electron chi connectivity index (χ3n) is 7.25. The van der Waals surface area contributed by atoms with Gasteiger partial charge in [-0.1, -0.05) is 39.0 Å². The van der Waals surface area contributed by atoms with Crippen LogP contribution in [0.2, 0.25) is 0 Å². The predicted molar refractivity (Wildman–Crippen MR) is 132 cm³/mol. The average molecular weight is 478 g/mol. The molecule has 0 amide bonds. The second-order valence-corrected chi connectivity index (χ2v) is 9.50. The molecule has 0 radical (unpaired) electrons. The molecule has 2 atom stereocenters. The summed E-state index contributed by atoms with van der Waals surface area (Å²) in [5.41, 5.74) is 2.26. The lowest BCUT2D eigenvalue weighted by atomic mass is 9.85. The Morgan fingerprint density at radius 3 is 2.69 bits per heavy atom. The van der Waals surface area contributed by atoms with E-state index in [1.54, 1.807) is 11.5 Å². The van der Waals surface area contributed by atoms with Crippen molar-refractivity contribution < 1.29 is 19.4 Å². The molecule has 0 aliphatic carbocycles. The van der Waals surface area contributed by atoms with Crippen molar-refractivity contribution >= 4 is 16.9 Å². The fourth-order valence-corrected chi connectivity index (χ4v) is 5.28. The number of hydrogen-bond acceptors (Lipinski definition) is 7. The zero-order chi connectivity index (χ0) is 25.1. The number of para-hydroxylation sites is 1. The number of benzene rings is 1. The van der Waals surface area contributed by atoms with Crippen LogP contribution in [0.4, 0.5) is 0 Å². The largest absolute Gasteiger partial charge is 0.472 e. The number of ether oxygens (including phenoxy) is 2. The second-order valence-electron chi connectivity index (χ2n) is 9.50. The molecule has 1 aromatic carbocycles. The number of esters is 1. The van der Waals surface area contributed by atoms with Crippen LogP contribution in [0, 0.1) is 0 Å². The van der Waals surface area contributed by atoms with Crippen molar-refractivity contribution in [2.24, 2.45) is 0 Å². The van der Waals surface area contributed by atoms with Crippen molar-refractivity contribution in [1.82, 2.24) is 14.5 Å². The van der Waals surface area contributed by atoms with Crippen molar-refractivity contribution in [3.8, 4) is 17.1 Å². The Bertz CT molecular complexity index is 1410. The summed E-state index contributed by atoms with van der Waals surface area (Å²) in [5.74, 6) is -0.432. The summed E-state index contributed by atoms with van der Waals surface area (Å²) >= 11 is 0. The van der Waals surface area contributed by atoms with Crippen LogP contribution in [-0.2, 0) is 34.7 Å². The van der Waals surface area contributed by atoms with Crippen molar-refractivity contribution in [1.29, 1.82) is 0 Å². The van der Waals surface area contributed by atoms with Crippen LogP contribution in [0.25, 0.3) is 22.3 Å². The van der Waals surface area contributed by atoms with Crippen LogP contribution in [0.15, 0.2) is 29.1 Å². The fraction of sp³-hybridized carbons (Fsp3) is 0.444. The van der Waals surface area contributed by atoms with Gasteiger partial charge < -0.3 is 14.6 Å². The van der Waals surface area contributed by atoms with Crippen molar-refractivity contribution in [3.63, 3.8) is 0 Å². The lowest BCUT2D eigenvalue weighted by Crippen LogP contribution is -2.45. The van der Waals surface area contributed by atoms with Crippen molar-refractivity contribution in [2.45, 2.75) is 65.0 Å². The van der Waals surface area contributed by atoms with Gasteiger partial charge in [-0.05, 0) is 45.0 Å². The Labute approximate surface area is 204 Å². The van der Waals surface area contributed by atoms with Gasteiger partial charge in [0.15, 0.2) is 17.6 Å². The van der Waals surface area contributed by atoms with Crippen molar-refractivity contribution in [2.75, 3.05) is 14.1 Å². The van der Waals surface area contributed by atoms with E-state index >= 15 is 0 Å². The maximum absolute atomic E-state index is 13.7. The third kappa shape index (κ3) is 3.38. The molecular weight excluding hydrogens is 446 g/mol. The normalized spacial score (nSPS) is 19.3. The summed E-state index contributed by atoms with van der Waals surface area (Å²) < 4.78 is 13.5. The lowest BCUT2D eigenvalue weighted by molar-refractivity contribution is -0.172. The molecule has 0 saturated carbocycles. The van der Waals surface area contributed by atoms with Crippen molar-refractivity contribution in [3.05, 3.63) is 56.9 Å². The van der Waals surface area contributed by atoms with E-state index in [0.29, 0.717) is 30.1 Å². The van der Waals surface area contributed by atoms with E-state index in [1.807, 2.05) is 38.1 Å². The van der Waals surface area contributed by atoms with Gasteiger partial charge in [-0.15, -0.1) is 0 Å². The van der Waals surface area contributed by atoms with Crippen LogP contribution >= 0.6 is 0 Å². The molecule has 0 fully saturated rings. The molecule has 8 heteroatoms. The van der Waals surface area contributed by atoms with E-state index in [2.05, 4.69) is 19.1 Å². The minimum absolute atomic E-state index is 0.0504. The Balaban J connectivity index is 1.88. The number of pyridine rings is 2. The van der Waals surface area contributed by atoms with Gasteiger partial charge in [0, 0.05) is 10.9 Å². The molecule has 8 nitrogen and oxygen atoms in total. The molecule has 0 spiro atoms. The maximum atomic E-state index is 13.7. The van der Waals surface area contributed by atoms with Gasteiger partial charge in [-0.3, -0.25) is 14.3 Å². The topological polar surface area (TPSA) is 93.9 Å². The molecule has 0 bridgehead atoms. The zero-order valence-electron chi connectivity index (χ0n) is 20.8. The van der Waals surface area contributed by atoms with Gasteiger partial charge in [-0.25, -0.2) is 9.78 Å². The summed E-state index contributed by atoms with van der Waals surface area (Å²) in [4.78, 5) is 33.5. The minimum Gasteiger partial charge on any atom is -0.472 e. The van der Waals surface area contributed by atoms with E-state index in [4.69, 9.17) is 14.5 Å². The summed E-state index contributed by atoms with van der Waals surface area (Å²) in [6, 6.07) is 8.17. The number of fused-ring (bicyclic) bond motifs is 5. The highest BCUT2D eigenvalue weighted by Gasteiger charge is 2.49. The number of aryl methyl sites for hydroxylation is 1. The molecule has 1 unspecified atom stereocenters. The summed E-state index contributed by atoms with van der Waals surface area (Å²) in [5, 5.41) is 12.5. The van der Waals surface area contributed by atoms with E-state index in [0.717, 1.165) is 28.5 Å². The second kappa shape index (κ2) is 8.46. The van der Waals surface area contributed by atoms with Crippen LogP contribution in [0.5, 0.6) is 5.75 Å². The quantitative estimate of drug-likeness (QED) is 0.336. The number of rotatable bonds is 6. The van der Waals surface area contributed by atoms with E-state index in [1.165, 1.54) is 0 Å². The predicted octanol–water partition coefficient (Wildman–Crippen LogP) is 3.32. The molecule has 4 heterocycles. The zero-order valence-corrected chi connectivity index (χ0v) is 20.8. The number of cyclic esters (lactones) is 1. The fourth-order valence-electron chi connectivity index (χ4n) is 5.28. The van der Waals surface area contributed by atoms with Crippen LogP contribution in [0.3, 0.4) is 0 Å². The molecule has 35 heavy (non-hydrogen) atoms. The van der Waals surface area contributed by atoms with Crippen LogP contribution < -0.4 is 10.3 Å². The van der Waals surface area contributed by atoms with Crippen LogP contribution in [-0.4, -0.2) is 45.9 Å². The number of aliphatic hydroxyl groups is 1. The van der Waals surface area contributed by atoms with E-state index < -0.39 is 11.6 Å². The molecule has 184 valence electrons. The van der Waals surface area contributed by atoms with Gasteiger partial charge in [-0.2, -0.15) is 0 Å². The smallest absolute Gasteiger partial charge is 0.343 e. The van der Waals surface area contributed by atoms with E-state index in [9.17, 15) is 14.7 Å². The number of hydrogen-bond donors (Lipinski definition) is 1. The average Bonchev–Trinajstić information content (AvgIpc) is 3.23. The summed E-state index contributed by atoms with van der Waals surface area (Å²) in [7, 11) is 3.81. The Morgan fingerprint density at radius 1 is 1.26 bits per heavy atom. The maximum Gasteiger partial charge on any atom is 0.343 e. The van der Waals surface area contributed by atoms with E-state index in [-0.39, 0.29) is 35.9 Å². The highest BCUT2D eigenvalue weighted by atomic mass is 16.6. The first-order valence-electron chi connectivity index (χ1n) is 12.2. The van der Waals surface area contributed by atoms with Crippen LogP contribution in [0.1, 0.15) is 55.9 Å². The Kier molecular flexibility index (Phi) is 5.68. The lowest BCUT2D eigenvalue weighted by Gasteiger charge is -2.35. The molecule has 5 rings (SSSR count). The molecule has 2 aromatic heterocycles. The SMILES string of the molecule is CCc1cccc2cc3c(nc12)-c1c(OC(CC)N(C)C)c2c(c(=O)n1C3)COC(=O)[C@]2(O)CC. The first-order chi connectivity index (χ1) is 16.7. The van der Waals surface area contributed by atoms with Gasteiger partial charge in [0.25, 0.3) is 5.56 Å². The first-order valence-corrected chi connectivity index (χ1v) is 12.2. The first kappa shape index (κ1) is 23.5. The van der Waals surface area contributed by atoms with Gasteiger partial charge >= 0.3 is 5.97 Å². The van der Waals surface area contributed by atoms with Gasteiger partial charge in [0.2, 0.25) is 0 Å². The summed E-state index contributed by atoms with van der Waals surface area (Å²) in [6.45, 7) is 5.92. The number of carbonyl (C=O) groups is 1. The summed E-state index contributed by atoms with van der Waals surface area (Å²) in [6.07, 6.45) is 1.20. The van der Waals surface area contributed by atoms with Gasteiger partial charge in [0.05, 0.1) is 28.9 Å². The molecule has 1 N–H and O–H groups in total. The number of nitrogens with zero attached hydrogens (tertiary/aromatic N) is 3.